The van der Waals surface area contributed by atoms with Crippen molar-refractivity contribution in [1.82, 2.24) is 19.5 Å². The summed E-state index contributed by atoms with van der Waals surface area (Å²) >= 11 is 0. The predicted octanol–water partition coefficient (Wildman–Crippen LogP) is 1.86. The van der Waals surface area contributed by atoms with Crippen LogP contribution in [0.1, 0.15) is 32.6 Å². The Labute approximate surface area is 139 Å². The molecule has 3 aromatic rings. The van der Waals surface area contributed by atoms with Crippen LogP contribution in [0.25, 0.3) is 22.1 Å². The Hall–Kier alpha value is -1.93. The van der Waals surface area contributed by atoms with Gasteiger partial charge in [0.25, 0.3) is 0 Å². The van der Waals surface area contributed by atoms with Gasteiger partial charge in [-0.2, -0.15) is 0 Å². The first-order valence-electron chi connectivity index (χ1n) is 8.20. The Morgan fingerprint density at radius 1 is 1.38 bits per heavy atom. The van der Waals surface area contributed by atoms with E-state index < -0.39 is 15.3 Å². The first-order valence-corrected chi connectivity index (χ1v) is 9.81. The van der Waals surface area contributed by atoms with E-state index in [0.29, 0.717) is 6.42 Å². The van der Waals surface area contributed by atoms with Crippen LogP contribution in [0.5, 0.6) is 0 Å². The van der Waals surface area contributed by atoms with Gasteiger partial charge in [0, 0.05) is 17.1 Å². The minimum atomic E-state index is -3.50. The molecule has 0 amide bonds. The van der Waals surface area contributed by atoms with Crippen molar-refractivity contribution >= 4 is 32.1 Å². The van der Waals surface area contributed by atoms with E-state index in [0.717, 1.165) is 41.3 Å². The lowest BCUT2D eigenvalue weighted by molar-refractivity contribution is -0.186. The summed E-state index contributed by atoms with van der Waals surface area (Å²) in [5.74, 6) is 0. The number of aromatic amines is 1. The van der Waals surface area contributed by atoms with Crippen LogP contribution < -0.4 is 5.14 Å². The van der Waals surface area contributed by atoms with E-state index >= 15 is 0 Å². The molecule has 3 saturated carbocycles. The van der Waals surface area contributed by atoms with Crippen molar-refractivity contribution < 1.29 is 8.42 Å². The number of nitrogens with zero attached hydrogens (tertiary/aromatic N) is 3. The lowest BCUT2D eigenvalue weighted by atomic mass is 9.38. The zero-order valence-corrected chi connectivity index (χ0v) is 14.2. The van der Waals surface area contributed by atoms with Crippen LogP contribution in [0, 0.1) is 5.41 Å². The number of primary sulfonamides is 1. The Bertz CT molecular complexity index is 1060. The molecule has 7 nitrogen and oxygen atoms in total. The van der Waals surface area contributed by atoms with Crippen molar-refractivity contribution in [3.8, 4) is 0 Å². The molecule has 1 atom stereocenters. The number of nitrogens with two attached hydrogens (primary N) is 1. The Morgan fingerprint density at radius 2 is 2.12 bits per heavy atom. The van der Waals surface area contributed by atoms with Crippen LogP contribution in [0.3, 0.4) is 0 Å². The molecule has 0 spiro atoms. The first-order chi connectivity index (χ1) is 11.4. The third kappa shape index (κ3) is 1.58. The summed E-state index contributed by atoms with van der Waals surface area (Å²) in [5, 5.41) is 6.09. The molecule has 0 aromatic carbocycles. The van der Waals surface area contributed by atoms with Gasteiger partial charge in [-0.1, -0.05) is 6.92 Å². The number of sulfonamides is 1. The SMILES string of the molecule is CCC(C12CC(n3cnc4cnc5[nH]ccc5c43)(C1)C2)S(N)(=O)=O. The fourth-order valence-corrected chi connectivity index (χ4v) is 6.70. The number of H-pyrrole nitrogens is 1. The lowest BCUT2D eigenvalue weighted by Crippen LogP contribution is -2.72. The molecule has 1 unspecified atom stereocenters. The largest absolute Gasteiger partial charge is 0.346 e. The molecular formula is C16H19N5O2S. The lowest BCUT2D eigenvalue weighted by Gasteiger charge is -2.73. The molecule has 126 valence electrons. The average Bonchev–Trinajstić information content (AvgIpc) is 3.04. The number of hydrogen-bond acceptors (Lipinski definition) is 4. The van der Waals surface area contributed by atoms with E-state index in [4.69, 9.17) is 5.14 Å². The third-order valence-corrected chi connectivity index (χ3v) is 7.72. The van der Waals surface area contributed by atoms with Gasteiger partial charge in [-0.25, -0.2) is 23.5 Å². The van der Waals surface area contributed by atoms with Crippen molar-refractivity contribution in [3.05, 3.63) is 24.8 Å². The number of hydrogen-bond donors (Lipinski definition) is 2. The number of pyridine rings is 1. The predicted molar refractivity (Wildman–Crippen MR) is 90.8 cm³/mol. The van der Waals surface area contributed by atoms with Crippen LogP contribution in [-0.2, 0) is 15.6 Å². The van der Waals surface area contributed by atoms with Gasteiger partial charge in [-0.3, -0.25) is 0 Å². The third-order valence-electron chi connectivity index (χ3n) is 6.10. The van der Waals surface area contributed by atoms with Crippen LogP contribution in [-0.4, -0.2) is 33.2 Å². The zero-order chi connectivity index (χ0) is 16.7. The van der Waals surface area contributed by atoms with E-state index in [1.807, 2.05) is 25.5 Å². The van der Waals surface area contributed by atoms with Crippen LogP contribution >= 0.6 is 0 Å². The smallest absolute Gasteiger partial charge is 0.212 e. The topological polar surface area (TPSA) is 107 Å². The van der Waals surface area contributed by atoms with Crippen molar-refractivity contribution in [2.75, 3.05) is 0 Å². The molecule has 3 fully saturated rings. The summed E-state index contributed by atoms with van der Waals surface area (Å²) in [5.41, 5.74) is 2.64. The van der Waals surface area contributed by atoms with E-state index in [1.54, 1.807) is 6.20 Å². The van der Waals surface area contributed by atoms with Gasteiger partial charge in [0.1, 0.15) is 11.2 Å². The monoisotopic (exact) mass is 345 g/mol. The molecule has 3 aliphatic rings. The second kappa shape index (κ2) is 4.18. The summed E-state index contributed by atoms with van der Waals surface area (Å²) in [6, 6.07) is 2.02. The normalized spacial score (nSPS) is 30.2. The van der Waals surface area contributed by atoms with Crippen molar-refractivity contribution in [3.63, 3.8) is 0 Å². The van der Waals surface area contributed by atoms with Crippen LogP contribution in [0.15, 0.2) is 24.8 Å². The van der Waals surface area contributed by atoms with Gasteiger partial charge in [0.05, 0.1) is 23.3 Å². The highest BCUT2D eigenvalue weighted by Gasteiger charge is 2.73. The highest BCUT2D eigenvalue weighted by molar-refractivity contribution is 7.89. The molecule has 3 N–H and O–H groups in total. The van der Waals surface area contributed by atoms with E-state index in [-0.39, 0.29) is 11.0 Å². The molecule has 3 aliphatic carbocycles. The average molecular weight is 345 g/mol. The van der Waals surface area contributed by atoms with E-state index in [9.17, 15) is 8.42 Å². The molecular weight excluding hydrogens is 326 g/mol. The number of rotatable bonds is 4. The van der Waals surface area contributed by atoms with Gasteiger partial charge in [-0.05, 0) is 37.2 Å². The van der Waals surface area contributed by atoms with Gasteiger partial charge in [0.15, 0.2) is 0 Å². The van der Waals surface area contributed by atoms with Crippen LogP contribution in [0.4, 0.5) is 0 Å². The maximum Gasteiger partial charge on any atom is 0.212 e. The van der Waals surface area contributed by atoms with Gasteiger partial charge < -0.3 is 9.55 Å². The second-order valence-corrected chi connectivity index (χ2v) is 9.20. The molecule has 8 heteroatoms. The molecule has 2 bridgehead atoms. The molecule has 6 rings (SSSR count). The summed E-state index contributed by atoms with van der Waals surface area (Å²) in [4.78, 5) is 12.0. The molecule has 24 heavy (non-hydrogen) atoms. The standard InChI is InChI=1S/C16H19N5O2S/c1-2-12(24(17,22)23)15-6-16(7-15,8-15)21-9-20-11-5-19-14-10(13(11)21)3-4-18-14/h3-5,9,12H,2,6-8H2,1H3,(H,18,19)(H2,17,22,23). The number of fused-ring (bicyclic) bond motifs is 3. The first kappa shape index (κ1) is 14.4. The minimum absolute atomic E-state index is 0.0155. The Balaban J connectivity index is 1.57. The highest BCUT2D eigenvalue weighted by atomic mass is 32.2. The molecule has 0 aliphatic heterocycles. The van der Waals surface area contributed by atoms with E-state index in [1.165, 1.54) is 0 Å². The van der Waals surface area contributed by atoms with Gasteiger partial charge >= 0.3 is 0 Å². The number of nitrogens with one attached hydrogen (secondary N) is 1. The molecule has 0 radical (unpaired) electrons. The van der Waals surface area contributed by atoms with Gasteiger partial charge in [0.2, 0.25) is 10.0 Å². The minimum Gasteiger partial charge on any atom is -0.346 e. The van der Waals surface area contributed by atoms with Crippen molar-refractivity contribution in [1.29, 1.82) is 0 Å². The summed E-state index contributed by atoms with van der Waals surface area (Å²) in [6.07, 6.45) is 8.68. The summed E-state index contributed by atoms with van der Waals surface area (Å²) < 4.78 is 26.1. The Kier molecular flexibility index (Phi) is 2.51. The maximum atomic E-state index is 11.9. The molecule has 3 heterocycles. The fraction of sp³-hybridized carbons (Fsp3) is 0.500. The Morgan fingerprint density at radius 3 is 2.79 bits per heavy atom. The molecule has 0 saturated heterocycles. The van der Waals surface area contributed by atoms with Crippen molar-refractivity contribution in [2.45, 2.75) is 43.4 Å². The number of imidazole rings is 1. The van der Waals surface area contributed by atoms with Gasteiger partial charge in [-0.15, -0.1) is 0 Å². The fourth-order valence-electron chi connectivity index (χ4n) is 5.29. The summed E-state index contributed by atoms with van der Waals surface area (Å²) in [6.45, 7) is 1.91. The van der Waals surface area contributed by atoms with E-state index in [2.05, 4.69) is 19.5 Å². The zero-order valence-electron chi connectivity index (χ0n) is 13.4. The van der Waals surface area contributed by atoms with Crippen LogP contribution in [0.2, 0.25) is 0 Å². The van der Waals surface area contributed by atoms with Crippen molar-refractivity contribution in [2.24, 2.45) is 10.6 Å². The summed E-state index contributed by atoms with van der Waals surface area (Å²) in [7, 11) is -3.50. The maximum absolute atomic E-state index is 11.9. The quantitative estimate of drug-likeness (QED) is 0.752. The second-order valence-electron chi connectivity index (χ2n) is 7.45. The highest BCUT2D eigenvalue weighted by Crippen LogP contribution is 2.74. The number of aromatic nitrogens is 4. The molecule has 3 aromatic heterocycles.